The summed E-state index contributed by atoms with van der Waals surface area (Å²) in [5.74, 6) is 0.462. The van der Waals surface area contributed by atoms with Crippen LogP contribution in [0.2, 0.25) is 0 Å². The Morgan fingerprint density at radius 3 is 2.69 bits per heavy atom. The Morgan fingerprint density at radius 2 is 1.91 bits per heavy atom. The van der Waals surface area contributed by atoms with Crippen molar-refractivity contribution < 1.29 is 14.3 Å². The van der Waals surface area contributed by atoms with Gasteiger partial charge in [-0.1, -0.05) is 35.1 Å². The average molecular weight is 452 g/mol. The number of aryl methyl sites for hydroxylation is 1. The Balaban J connectivity index is 1.38. The van der Waals surface area contributed by atoms with E-state index in [9.17, 15) is 9.59 Å². The van der Waals surface area contributed by atoms with E-state index in [1.807, 2.05) is 49.4 Å². The number of carbonyl (C=O) groups is 2. The van der Waals surface area contributed by atoms with Crippen LogP contribution in [0.4, 0.5) is 16.2 Å². The minimum absolute atomic E-state index is 0.0539. The second-order valence-corrected chi connectivity index (χ2v) is 8.72. The molecule has 166 valence electrons. The lowest BCUT2D eigenvalue weighted by Gasteiger charge is -2.31. The highest BCUT2D eigenvalue weighted by atomic mass is 32.1. The number of aromatic nitrogens is 2. The second-order valence-electron chi connectivity index (χ2n) is 7.71. The molecule has 0 spiro atoms. The molecule has 9 heteroatoms. The lowest BCUT2D eigenvalue weighted by molar-refractivity contribution is 0.102. The normalized spacial score (nSPS) is 15.8. The molecule has 1 saturated heterocycles. The number of likely N-dealkylation sites (tertiary alicyclic amines) is 1. The van der Waals surface area contributed by atoms with Crippen LogP contribution in [-0.4, -0.2) is 47.2 Å². The van der Waals surface area contributed by atoms with Gasteiger partial charge in [-0.25, -0.2) is 4.79 Å². The number of rotatable bonds is 5. The molecule has 32 heavy (non-hydrogen) atoms. The van der Waals surface area contributed by atoms with E-state index in [2.05, 4.69) is 20.8 Å². The molecule has 1 aromatic heterocycles. The zero-order valence-electron chi connectivity index (χ0n) is 18.0. The Kier molecular flexibility index (Phi) is 6.65. The number of carbonyl (C=O) groups excluding carboxylic acids is 2. The highest BCUT2D eigenvalue weighted by Gasteiger charge is 2.28. The third-order valence-corrected chi connectivity index (χ3v) is 6.41. The molecule has 1 aliphatic heterocycles. The van der Waals surface area contributed by atoms with Gasteiger partial charge < -0.3 is 20.3 Å². The first-order valence-corrected chi connectivity index (χ1v) is 11.2. The van der Waals surface area contributed by atoms with Gasteiger partial charge in [0, 0.05) is 36.4 Å². The van der Waals surface area contributed by atoms with Crippen LogP contribution < -0.4 is 15.4 Å². The molecule has 1 unspecified atom stereocenters. The van der Waals surface area contributed by atoms with Crippen molar-refractivity contribution in [1.29, 1.82) is 0 Å². The predicted octanol–water partition coefficient (Wildman–Crippen LogP) is 4.52. The van der Waals surface area contributed by atoms with Crippen molar-refractivity contribution in [3.8, 4) is 5.75 Å². The molecule has 1 fully saturated rings. The van der Waals surface area contributed by atoms with Crippen LogP contribution >= 0.6 is 11.3 Å². The summed E-state index contributed by atoms with van der Waals surface area (Å²) in [5.41, 5.74) is 2.52. The molecule has 4 rings (SSSR count). The molecule has 3 aromatic rings. The molecule has 1 aliphatic rings. The SMILES string of the molecule is COc1cccc(NC(=O)N2CCCC(c3nnc(C(=O)Nc4ccc(C)cc4)s3)C2)c1. The van der Waals surface area contributed by atoms with Crippen LogP contribution in [0.5, 0.6) is 5.75 Å². The maximum atomic E-state index is 12.8. The third-order valence-electron chi connectivity index (χ3n) is 5.32. The van der Waals surface area contributed by atoms with Crippen LogP contribution in [0, 0.1) is 6.92 Å². The maximum Gasteiger partial charge on any atom is 0.321 e. The molecule has 0 radical (unpaired) electrons. The van der Waals surface area contributed by atoms with Crippen molar-refractivity contribution in [3.05, 3.63) is 64.1 Å². The minimum Gasteiger partial charge on any atom is -0.497 e. The van der Waals surface area contributed by atoms with Gasteiger partial charge in [0.15, 0.2) is 0 Å². The van der Waals surface area contributed by atoms with Crippen LogP contribution in [-0.2, 0) is 0 Å². The average Bonchev–Trinajstić information content (AvgIpc) is 3.31. The van der Waals surface area contributed by atoms with Crippen LogP contribution in [0.25, 0.3) is 0 Å². The first-order chi connectivity index (χ1) is 15.5. The Morgan fingerprint density at radius 1 is 1.09 bits per heavy atom. The van der Waals surface area contributed by atoms with Gasteiger partial charge in [0.1, 0.15) is 10.8 Å². The largest absolute Gasteiger partial charge is 0.497 e. The molecule has 2 N–H and O–H groups in total. The van der Waals surface area contributed by atoms with Gasteiger partial charge in [0.25, 0.3) is 5.91 Å². The highest BCUT2D eigenvalue weighted by molar-refractivity contribution is 7.13. The first-order valence-electron chi connectivity index (χ1n) is 10.4. The molecular weight excluding hydrogens is 426 g/mol. The van der Waals surface area contributed by atoms with Gasteiger partial charge >= 0.3 is 6.03 Å². The first kappa shape index (κ1) is 21.8. The van der Waals surface area contributed by atoms with Crippen LogP contribution in [0.3, 0.4) is 0 Å². The zero-order chi connectivity index (χ0) is 22.5. The summed E-state index contributed by atoms with van der Waals surface area (Å²) in [5, 5.41) is 15.2. The molecule has 2 heterocycles. The van der Waals surface area contributed by atoms with Gasteiger partial charge in [-0.15, -0.1) is 10.2 Å². The number of nitrogens with zero attached hydrogens (tertiary/aromatic N) is 3. The summed E-state index contributed by atoms with van der Waals surface area (Å²) in [6.07, 6.45) is 1.76. The van der Waals surface area contributed by atoms with Crippen molar-refractivity contribution in [2.45, 2.75) is 25.7 Å². The number of methoxy groups -OCH3 is 1. The van der Waals surface area contributed by atoms with E-state index in [4.69, 9.17) is 4.74 Å². The molecule has 0 saturated carbocycles. The van der Waals surface area contributed by atoms with Gasteiger partial charge in [0.2, 0.25) is 5.01 Å². The van der Waals surface area contributed by atoms with Gasteiger partial charge in [-0.2, -0.15) is 0 Å². The summed E-state index contributed by atoms with van der Waals surface area (Å²) in [6.45, 7) is 3.20. The summed E-state index contributed by atoms with van der Waals surface area (Å²) in [7, 11) is 1.59. The molecule has 0 aliphatic carbocycles. The quantitative estimate of drug-likeness (QED) is 0.595. The fourth-order valence-corrected chi connectivity index (χ4v) is 4.44. The van der Waals surface area contributed by atoms with Gasteiger partial charge in [-0.05, 0) is 44.0 Å². The number of nitrogens with one attached hydrogen (secondary N) is 2. The van der Waals surface area contributed by atoms with Crippen LogP contribution in [0.1, 0.15) is 39.1 Å². The monoisotopic (exact) mass is 451 g/mol. The van der Waals surface area contributed by atoms with Gasteiger partial charge in [-0.3, -0.25) is 4.79 Å². The number of hydrogen-bond donors (Lipinski definition) is 2. The summed E-state index contributed by atoms with van der Waals surface area (Å²) < 4.78 is 5.21. The van der Waals surface area contributed by atoms with Crippen molar-refractivity contribution in [2.75, 3.05) is 30.8 Å². The number of anilines is 2. The molecule has 0 bridgehead atoms. The Labute approximate surface area is 190 Å². The summed E-state index contributed by atoms with van der Waals surface area (Å²) in [4.78, 5) is 27.1. The summed E-state index contributed by atoms with van der Waals surface area (Å²) >= 11 is 1.28. The number of piperidine rings is 1. The zero-order valence-corrected chi connectivity index (χ0v) is 18.8. The van der Waals surface area contributed by atoms with Crippen molar-refractivity contribution in [1.82, 2.24) is 15.1 Å². The number of amides is 3. The third kappa shape index (κ3) is 5.23. The molecule has 3 amide bonds. The van der Waals surface area contributed by atoms with E-state index in [-0.39, 0.29) is 17.9 Å². The predicted molar refractivity (Wildman–Crippen MR) is 125 cm³/mol. The number of hydrogen-bond acceptors (Lipinski definition) is 6. The van der Waals surface area contributed by atoms with Crippen molar-refractivity contribution in [2.24, 2.45) is 0 Å². The van der Waals surface area contributed by atoms with Gasteiger partial charge in [0.05, 0.1) is 7.11 Å². The van der Waals surface area contributed by atoms with Crippen molar-refractivity contribution in [3.63, 3.8) is 0 Å². The van der Waals surface area contributed by atoms with E-state index < -0.39 is 0 Å². The Bertz CT molecular complexity index is 1100. The number of urea groups is 1. The molecule has 8 nitrogen and oxygen atoms in total. The Hall–Kier alpha value is -3.46. The maximum absolute atomic E-state index is 12.8. The van der Waals surface area contributed by atoms with Crippen LogP contribution in [0.15, 0.2) is 48.5 Å². The second kappa shape index (κ2) is 9.78. The highest BCUT2D eigenvalue weighted by Crippen LogP contribution is 2.30. The minimum atomic E-state index is -0.277. The lowest BCUT2D eigenvalue weighted by atomic mass is 9.99. The van der Waals surface area contributed by atoms with Crippen molar-refractivity contribution >= 4 is 34.6 Å². The smallest absolute Gasteiger partial charge is 0.321 e. The van der Waals surface area contributed by atoms with E-state index in [0.717, 1.165) is 29.1 Å². The number of ether oxygens (including phenoxy) is 1. The van der Waals surface area contributed by atoms with E-state index >= 15 is 0 Å². The topological polar surface area (TPSA) is 96.4 Å². The molecular formula is C23H25N5O3S. The van der Waals surface area contributed by atoms with E-state index in [1.165, 1.54) is 11.3 Å². The summed E-state index contributed by atoms with van der Waals surface area (Å²) in [6, 6.07) is 14.7. The fraction of sp³-hybridized carbons (Fsp3) is 0.304. The number of benzene rings is 2. The molecule has 2 aromatic carbocycles. The standard InChI is InChI=1S/C23H25N5O3S/c1-15-8-10-17(11-9-15)24-20(29)22-27-26-21(32-22)16-5-4-12-28(14-16)23(30)25-18-6-3-7-19(13-18)31-2/h3,6-11,13,16H,4-5,12,14H2,1-2H3,(H,24,29)(H,25,30). The lowest BCUT2D eigenvalue weighted by Crippen LogP contribution is -2.41. The van der Waals surface area contributed by atoms with E-state index in [0.29, 0.717) is 29.5 Å². The fourth-order valence-electron chi connectivity index (χ4n) is 3.58. The molecule has 1 atom stereocenters. The van der Waals surface area contributed by atoms with E-state index in [1.54, 1.807) is 18.1 Å².